The highest BCUT2D eigenvalue weighted by Gasteiger charge is 2.53. The average molecular weight is 342 g/mol. The van der Waals surface area contributed by atoms with Gasteiger partial charge in [-0.05, 0) is 5.56 Å². The van der Waals surface area contributed by atoms with Gasteiger partial charge in [0.2, 0.25) is 0 Å². The van der Waals surface area contributed by atoms with E-state index in [1.54, 1.807) is 12.1 Å². The van der Waals surface area contributed by atoms with Crippen molar-refractivity contribution in [2.24, 2.45) is 0 Å². The molecule has 1 N–H and O–H groups in total. The molecular formula is C13H14N2O7S. The number of carbonyl (C=O) groups excluding carboxylic acids is 2. The molecule has 2 amide bonds. The summed E-state index contributed by atoms with van der Waals surface area (Å²) in [4.78, 5) is 25.3. The summed E-state index contributed by atoms with van der Waals surface area (Å²) in [7, 11) is -4.78. The Labute approximate surface area is 132 Å². The molecule has 0 unspecified atom stereocenters. The van der Waals surface area contributed by atoms with Crippen molar-refractivity contribution < 1.29 is 31.6 Å². The Kier molecular flexibility index (Phi) is 3.96. The van der Waals surface area contributed by atoms with E-state index in [2.05, 4.69) is 4.28 Å². The normalized spacial score (nSPS) is 23.4. The van der Waals surface area contributed by atoms with Crippen LogP contribution in [0.15, 0.2) is 30.3 Å². The number of hydroxylamine groups is 2. The summed E-state index contributed by atoms with van der Waals surface area (Å²) in [6, 6.07) is 6.89. The summed E-state index contributed by atoms with van der Waals surface area (Å²) in [5.74, 6) is -0.559. The molecular weight excluding hydrogens is 328 g/mol. The molecule has 10 heteroatoms. The van der Waals surface area contributed by atoms with E-state index in [9.17, 15) is 18.0 Å². The molecule has 23 heavy (non-hydrogen) atoms. The third kappa shape index (κ3) is 3.28. The number of esters is 1. The van der Waals surface area contributed by atoms with Crippen LogP contribution in [0.3, 0.4) is 0 Å². The van der Waals surface area contributed by atoms with E-state index in [1.807, 2.05) is 18.2 Å². The second-order valence-electron chi connectivity index (χ2n) is 5.26. The Bertz CT molecular complexity index is 721. The summed E-state index contributed by atoms with van der Waals surface area (Å²) < 4.78 is 39.5. The zero-order chi connectivity index (χ0) is 16.6. The van der Waals surface area contributed by atoms with Gasteiger partial charge in [0.25, 0.3) is 0 Å². The van der Waals surface area contributed by atoms with Gasteiger partial charge < -0.3 is 9.64 Å². The van der Waals surface area contributed by atoms with Gasteiger partial charge in [-0.15, -0.1) is 4.28 Å². The first-order chi connectivity index (χ1) is 10.8. The number of rotatable bonds is 5. The number of carbonyl (C=O) groups is 2. The maximum Gasteiger partial charge on any atom is 0.418 e. The molecule has 2 saturated heterocycles. The van der Waals surface area contributed by atoms with Gasteiger partial charge in [-0.1, -0.05) is 30.3 Å². The fraction of sp³-hybridized carbons (Fsp3) is 0.385. The number of nitrogens with zero attached hydrogens (tertiary/aromatic N) is 2. The minimum atomic E-state index is -4.78. The Morgan fingerprint density at radius 3 is 2.61 bits per heavy atom. The van der Waals surface area contributed by atoms with E-state index in [-0.39, 0.29) is 19.6 Å². The molecule has 2 aliphatic heterocycles. The fourth-order valence-corrected chi connectivity index (χ4v) is 3.11. The van der Waals surface area contributed by atoms with Gasteiger partial charge in [-0.3, -0.25) is 4.55 Å². The molecule has 124 valence electrons. The molecule has 0 saturated carbocycles. The van der Waals surface area contributed by atoms with E-state index in [0.29, 0.717) is 5.06 Å². The van der Waals surface area contributed by atoms with Crippen LogP contribution in [-0.4, -0.2) is 53.6 Å². The van der Waals surface area contributed by atoms with Crippen LogP contribution in [0.4, 0.5) is 4.79 Å². The smallest absolute Gasteiger partial charge is 0.418 e. The van der Waals surface area contributed by atoms with Crippen LogP contribution in [0.1, 0.15) is 12.0 Å². The van der Waals surface area contributed by atoms with Crippen molar-refractivity contribution in [3.8, 4) is 0 Å². The van der Waals surface area contributed by atoms with Gasteiger partial charge in [-0.2, -0.15) is 13.5 Å². The lowest BCUT2D eigenvalue weighted by Crippen LogP contribution is -2.49. The minimum Gasteiger partial charge on any atom is -0.459 e. The molecule has 0 aliphatic carbocycles. The second kappa shape index (κ2) is 5.80. The first kappa shape index (κ1) is 15.7. The summed E-state index contributed by atoms with van der Waals surface area (Å²) in [6.07, 6.45) is 0.175. The number of hydrogen-bond donors (Lipinski definition) is 1. The fourth-order valence-electron chi connectivity index (χ4n) is 2.72. The Morgan fingerprint density at radius 2 is 2.00 bits per heavy atom. The molecule has 0 aromatic heterocycles. The predicted octanol–water partition coefficient (Wildman–Crippen LogP) is 0.343. The number of ether oxygens (including phenoxy) is 1. The Hall–Kier alpha value is -2.17. The summed E-state index contributed by atoms with van der Waals surface area (Å²) in [5.41, 5.74) is 0.821. The average Bonchev–Trinajstić information content (AvgIpc) is 3.05. The molecule has 2 heterocycles. The Morgan fingerprint density at radius 1 is 1.30 bits per heavy atom. The second-order valence-corrected chi connectivity index (χ2v) is 6.27. The highest BCUT2D eigenvalue weighted by Crippen LogP contribution is 2.32. The zero-order valence-corrected chi connectivity index (χ0v) is 12.7. The minimum absolute atomic E-state index is 0.0914. The monoisotopic (exact) mass is 342 g/mol. The van der Waals surface area contributed by atoms with Gasteiger partial charge in [0, 0.05) is 13.0 Å². The Balaban J connectivity index is 1.60. The van der Waals surface area contributed by atoms with Crippen LogP contribution in [0.25, 0.3) is 0 Å². The quantitative estimate of drug-likeness (QED) is 0.606. The first-order valence-corrected chi connectivity index (χ1v) is 8.19. The van der Waals surface area contributed by atoms with Gasteiger partial charge >= 0.3 is 22.4 Å². The summed E-state index contributed by atoms with van der Waals surface area (Å²) in [5, 5.41) is 0.566. The van der Waals surface area contributed by atoms with Crippen molar-refractivity contribution in [1.29, 1.82) is 0 Å². The van der Waals surface area contributed by atoms with E-state index in [1.165, 1.54) is 4.90 Å². The van der Waals surface area contributed by atoms with E-state index in [4.69, 9.17) is 9.29 Å². The molecule has 2 atom stereocenters. The largest absolute Gasteiger partial charge is 0.459 e. The lowest BCUT2D eigenvalue weighted by atomic mass is 10.1. The molecule has 2 aliphatic rings. The standard InChI is InChI=1S/C13H14N2O7S/c16-12(21-8-9-4-2-1-3-5-9)11-6-10-7-14(11)13(17)15(10)22-23(18,19)20/h1-5,10-11H,6-8H2,(H,18,19,20)/t10-,11+/m0/s1. The number of urea groups is 1. The van der Waals surface area contributed by atoms with E-state index < -0.39 is 34.5 Å². The molecule has 9 nitrogen and oxygen atoms in total. The van der Waals surface area contributed by atoms with Crippen molar-refractivity contribution in [1.82, 2.24) is 9.96 Å². The highest BCUT2D eigenvalue weighted by atomic mass is 32.3. The van der Waals surface area contributed by atoms with E-state index >= 15 is 0 Å². The first-order valence-electron chi connectivity index (χ1n) is 6.82. The molecule has 2 bridgehead atoms. The zero-order valence-electron chi connectivity index (χ0n) is 11.9. The van der Waals surface area contributed by atoms with Crippen LogP contribution in [-0.2, 0) is 30.8 Å². The molecule has 1 aromatic rings. The van der Waals surface area contributed by atoms with Crippen LogP contribution in [0, 0.1) is 0 Å². The third-order valence-corrected chi connectivity index (χ3v) is 4.06. The molecule has 0 spiro atoms. The predicted molar refractivity (Wildman–Crippen MR) is 75.0 cm³/mol. The molecule has 0 radical (unpaired) electrons. The van der Waals surface area contributed by atoms with Crippen molar-refractivity contribution in [3.63, 3.8) is 0 Å². The van der Waals surface area contributed by atoms with Gasteiger partial charge in [0.1, 0.15) is 12.6 Å². The van der Waals surface area contributed by atoms with Crippen molar-refractivity contribution in [2.45, 2.75) is 25.1 Å². The topological polar surface area (TPSA) is 113 Å². The number of fused-ring (bicyclic) bond motifs is 2. The van der Waals surface area contributed by atoms with Crippen molar-refractivity contribution in [2.75, 3.05) is 6.54 Å². The van der Waals surface area contributed by atoms with Crippen LogP contribution < -0.4 is 0 Å². The van der Waals surface area contributed by atoms with Crippen LogP contribution >= 0.6 is 0 Å². The van der Waals surface area contributed by atoms with Crippen LogP contribution in [0.5, 0.6) is 0 Å². The lowest BCUT2D eigenvalue weighted by molar-refractivity contribution is -0.151. The van der Waals surface area contributed by atoms with Gasteiger partial charge in [0.05, 0.1) is 6.04 Å². The molecule has 3 rings (SSSR count). The van der Waals surface area contributed by atoms with Gasteiger partial charge in [-0.25, -0.2) is 9.59 Å². The lowest BCUT2D eigenvalue weighted by Gasteiger charge is -2.28. The molecule has 1 aromatic carbocycles. The van der Waals surface area contributed by atoms with E-state index in [0.717, 1.165) is 5.56 Å². The number of amides is 2. The maximum atomic E-state index is 12.1. The highest BCUT2D eigenvalue weighted by molar-refractivity contribution is 7.80. The van der Waals surface area contributed by atoms with Crippen LogP contribution in [0.2, 0.25) is 0 Å². The number of hydrogen-bond acceptors (Lipinski definition) is 6. The number of benzene rings is 1. The van der Waals surface area contributed by atoms with Crippen molar-refractivity contribution >= 4 is 22.4 Å². The van der Waals surface area contributed by atoms with Gasteiger partial charge in [0.15, 0.2) is 0 Å². The van der Waals surface area contributed by atoms with Crippen molar-refractivity contribution in [3.05, 3.63) is 35.9 Å². The SMILES string of the molecule is O=C(OCc1ccccc1)[C@H]1C[C@H]2CN1C(=O)N2OS(=O)(=O)O. The summed E-state index contributed by atoms with van der Waals surface area (Å²) >= 11 is 0. The molecule has 2 fully saturated rings. The maximum absolute atomic E-state index is 12.1. The third-order valence-electron chi connectivity index (χ3n) is 3.72. The summed E-state index contributed by atoms with van der Waals surface area (Å²) in [6.45, 7) is 0.230.